The summed E-state index contributed by atoms with van der Waals surface area (Å²) in [6, 6.07) is 9.18. The summed E-state index contributed by atoms with van der Waals surface area (Å²) in [4.78, 5) is 4.47. The smallest absolute Gasteiger partial charge is 0.231 e. The van der Waals surface area contributed by atoms with E-state index in [0.29, 0.717) is 22.9 Å². The Hall–Kier alpha value is -1.53. The van der Waals surface area contributed by atoms with Crippen LogP contribution in [0.3, 0.4) is 0 Å². The maximum absolute atomic E-state index is 5.77. The minimum absolute atomic E-state index is 0.490. The summed E-state index contributed by atoms with van der Waals surface area (Å²) in [6.45, 7) is 0. The quantitative estimate of drug-likeness (QED) is 0.641. The largest absolute Gasteiger partial charge is 0.495 e. The molecule has 102 valence electrons. The van der Waals surface area contributed by atoms with Gasteiger partial charge in [0.2, 0.25) is 5.89 Å². The zero-order valence-electron chi connectivity index (χ0n) is 10.5. The number of nitrogen functional groups attached to an aromatic ring is 1. The van der Waals surface area contributed by atoms with Crippen LogP contribution in [0, 0.1) is 0 Å². The zero-order valence-corrected chi connectivity index (χ0v) is 13.7. The molecule has 0 unspecified atom stereocenters. The van der Waals surface area contributed by atoms with Gasteiger partial charge in [0.05, 0.1) is 17.1 Å². The van der Waals surface area contributed by atoms with Crippen molar-refractivity contribution in [2.75, 3.05) is 12.8 Å². The predicted octanol–water partition coefficient (Wildman–Crippen LogP) is 4.61. The van der Waals surface area contributed by atoms with E-state index in [1.54, 1.807) is 25.3 Å². The molecule has 4 nitrogen and oxygen atoms in total. The molecule has 20 heavy (non-hydrogen) atoms. The van der Waals surface area contributed by atoms with Gasteiger partial charge in [-0.1, -0.05) is 15.9 Å². The van der Waals surface area contributed by atoms with Crippen LogP contribution < -0.4 is 10.5 Å². The molecule has 0 saturated carbocycles. The summed E-state index contributed by atoms with van der Waals surface area (Å²) in [5, 5.41) is 0. The molecule has 6 heteroatoms. The highest BCUT2D eigenvalue weighted by molar-refractivity contribution is 9.11. The summed E-state index contributed by atoms with van der Waals surface area (Å²) in [5.74, 6) is 1.16. The molecule has 0 spiro atoms. The van der Waals surface area contributed by atoms with Crippen LogP contribution >= 0.6 is 31.9 Å². The van der Waals surface area contributed by atoms with Crippen LogP contribution in [0.15, 0.2) is 43.7 Å². The van der Waals surface area contributed by atoms with Crippen molar-refractivity contribution < 1.29 is 9.15 Å². The average Bonchev–Trinajstić information content (AvgIpc) is 2.80. The number of aromatic nitrogens is 1. The maximum Gasteiger partial charge on any atom is 0.231 e. The number of nitrogens with zero attached hydrogens (tertiary/aromatic N) is 1. The molecule has 0 fully saturated rings. The van der Waals surface area contributed by atoms with Crippen molar-refractivity contribution in [2.45, 2.75) is 0 Å². The normalized spacial score (nSPS) is 10.9. The van der Waals surface area contributed by atoms with Crippen LogP contribution in [0.25, 0.3) is 22.6 Å². The van der Waals surface area contributed by atoms with Gasteiger partial charge in [0, 0.05) is 10.2 Å². The molecule has 1 aromatic heterocycles. The van der Waals surface area contributed by atoms with E-state index in [2.05, 4.69) is 36.8 Å². The van der Waals surface area contributed by atoms with Crippen LogP contribution in [-0.2, 0) is 0 Å². The molecule has 0 aliphatic heterocycles. The SMILES string of the molecule is COc1c(Br)cc(Br)cc1-c1nc2cc(N)ccc2o1. The molecule has 0 saturated heterocycles. The Labute approximate surface area is 132 Å². The molecule has 2 N–H and O–H groups in total. The van der Waals surface area contributed by atoms with E-state index >= 15 is 0 Å². The van der Waals surface area contributed by atoms with Crippen molar-refractivity contribution in [3.05, 3.63) is 39.3 Å². The number of nitrogens with two attached hydrogens (primary N) is 1. The lowest BCUT2D eigenvalue weighted by Crippen LogP contribution is -1.90. The highest BCUT2D eigenvalue weighted by Crippen LogP contribution is 2.39. The highest BCUT2D eigenvalue weighted by atomic mass is 79.9. The predicted molar refractivity (Wildman–Crippen MR) is 85.8 cm³/mol. The van der Waals surface area contributed by atoms with E-state index < -0.39 is 0 Å². The number of anilines is 1. The number of hydrogen-bond donors (Lipinski definition) is 1. The summed E-state index contributed by atoms with van der Waals surface area (Å²) in [5.41, 5.74) is 8.58. The molecule has 0 aliphatic carbocycles. The number of fused-ring (bicyclic) bond motifs is 1. The lowest BCUT2D eigenvalue weighted by molar-refractivity contribution is 0.412. The van der Waals surface area contributed by atoms with E-state index in [1.165, 1.54) is 0 Å². The van der Waals surface area contributed by atoms with Gasteiger partial charge in [0.25, 0.3) is 0 Å². The molecule has 0 amide bonds. The van der Waals surface area contributed by atoms with Crippen LogP contribution in [0.4, 0.5) is 5.69 Å². The Morgan fingerprint density at radius 3 is 2.75 bits per heavy atom. The van der Waals surface area contributed by atoms with Gasteiger partial charge >= 0.3 is 0 Å². The fourth-order valence-electron chi connectivity index (χ4n) is 1.99. The standard InChI is InChI=1S/C14H10Br2N2O2/c1-19-13-9(4-7(15)5-10(13)16)14-18-11-6-8(17)2-3-12(11)20-14/h2-6H,17H2,1H3. The first-order valence-electron chi connectivity index (χ1n) is 5.78. The Balaban J connectivity index is 2.24. The second-order valence-corrected chi connectivity index (χ2v) is 5.98. The number of methoxy groups -OCH3 is 1. The number of ether oxygens (including phenoxy) is 1. The van der Waals surface area contributed by atoms with Crippen molar-refractivity contribution in [2.24, 2.45) is 0 Å². The third-order valence-electron chi connectivity index (χ3n) is 2.85. The zero-order chi connectivity index (χ0) is 14.3. The summed E-state index contributed by atoms with van der Waals surface area (Å²) in [7, 11) is 1.61. The Morgan fingerprint density at radius 2 is 2.00 bits per heavy atom. The second kappa shape index (κ2) is 5.10. The summed E-state index contributed by atoms with van der Waals surface area (Å²) in [6.07, 6.45) is 0. The molecule has 3 rings (SSSR count). The van der Waals surface area contributed by atoms with Crippen molar-refractivity contribution >= 4 is 48.6 Å². The van der Waals surface area contributed by atoms with Crippen molar-refractivity contribution in [3.63, 3.8) is 0 Å². The first-order valence-corrected chi connectivity index (χ1v) is 7.36. The van der Waals surface area contributed by atoms with Gasteiger partial charge in [-0.2, -0.15) is 0 Å². The topological polar surface area (TPSA) is 61.3 Å². The van der Waals surface area contributed by atoms with E-state index in [4.69, 9.17) is 14.9 Å². The van der Waals surface area contributed by atoms with E-state index in [-0.39, 0.29) is 0 Å². The average molecular weight is 398 g/mol. The minimum atomic E-state index is 0.490. The van der Waals surface area contributed by atoms with Gasteiger partial charge in [0.15, 0.2) is 5.58 Å². The van der Waals surface area contributed by atoms with Crippen LogP contribution in [-0.4, -0.2) is 12.1 Å². The second-order valence-electron chi connectivity index (χ2n) is 4.21. The molecule has 0 radical (unpaired) electrons. The number of benzene rings is 2. The number of hydrogen-bond acceptors (Lipinski definition) is 4. The lowest BCUT2D eigenvalue weighted by Gasteiger charge is -2.08. The molecular weight excluding hydrogens is 388 g/mol. The molecular formula is C14H10Br2N2O2. The lowest BCUT2D eigenvalue weighted by atomic mass is 10.2. The molecule has 0 bridgehead atoms. The van der Waals surface area contributed by atoms with Gasteiger partial charge in [-0.05, 0) is 46.3 Å². The van der Waals surface area contributed by atoms with Crippen molar-refractivity contribution in [3.8, 4) is 17.2 Å². The fourth-order valence-corrected chi connectivity index (χ4v) is 3.37. The van der Waals surface area contributed by atoms with Crippen molar-refractivity contribution in [1.29, 1.82) is 0 Å². The Morgan fingerprint density at radius 1 is 1.20 bits per heavy atom. The van der Waals surface area contributed by atoms with Gasteiger partial charge in [-0.25, -0.2) is 4.98 Å². The maximum atomic E-state index is 5.77. The fraction of sp³-hybridized carbons (Fsp3) is 0.0714. The van der Waals surface area contributed by atoms with E-state index in [9.17, 15) is 0 Å². The molecule has 2 aromatic carbocycles. The highest BCUT2D eigenvalue weighted by Gasteiger charge is 2.16. The summed E-state index contributed by atoms with van der Waals surface area (Å²) < 4.78 is 12.9. The number of halogens is 2. The molecule has 0 atom stereocenters. The van der Waals surface area contributed by atoms with Crippen LogP contribution in [0.1, 0.15) is 0 Å². The summed E-state index contributed by atoms with van der Waals surface area (Å²) >= 11 is 6.92. The molecule has 1 heterocycles. The van der Waals surface area contributed by atoms with Gasteiger partial charge < -0.3 is 14.9 Å². The first-order chi connectivity index (χ1) is 9.58. The monoisotopic (exact) mass is 396 g/mol. The van der Waals surface area contributed by atoms with Crippen LogP contribution in [0.5, 0.6) is 5.75 Å². The number of rotatable bonds is 2. The van der Waals surface area contributed by atoms with Gasteiger partial charge in [0.1, 0.15) is 11.3 Å². The van der Waals surface area contributed by atoms with Crippen LogP contribution in [0.2, 0.25) is 0 Å². The first kappa shape index (κ1) is 13.5. The van der Waals surface area contributed by atoms with Gasteiger partial charge in [-0.3, -0.25) is 0 Å². The Bertz CT molecular complexity index is 799. The third kappa shape index (κ3) is 2.29. The minimum Gasteiger partial charge on any atom is -0.495 e. The molecule has 3 aromatic rings. The van der Waals surface area contributed by atoms with E-state index in [1.807, 2.05) is 12.1 Å². The number of oxazole rings is 1. The Kier molecular flexibility index (Phi) is 3.43. The van der Waals surface area contributed by atoms with E-state index in [0.717, 1.165) is 20.0 Å². The third-order valence-corrected chi connectivity index (χ3v) is 3.90. The molecule has 0 aliphatic rings. The van der Waals surface area contributed by atoms with Gasteiger partial charge in [-0.15, -0.1) is 0 Å². The van der Waals surface area contributed by atoms with Crippen molar-refractivity contribution in [1.82, 2.24) is 4.98 Å².